The van der Waals surface area contributed by atoms with E-state index in [1.807, 2.05) is 13.2 Å². The van der Waals surface area contributed by atoms with Gasteiger partial charge < -0.3 is 5.73 Å². The fourth-order valence-corrected chi connectivity index (χ4v) is 1.97. The lowest BCUT2D eigenvalue weighted by atomic mass is 10.1. The van der Waals surface area contributed by atoms with Gasteiger partial charge in [-0.3, -0.25) is 4.79 Å². The summed E-state index contributed by atoms with van der Waals surface area (Å²) in [5, 5.41) is 0. The Hall–Kier alpha value is -0.870. The molecule has 1 aromatic carbocycles. The largest absolute Gasteiger partial charge is 0.330 e. The number of benzene rings is 1. The number of thioether (sulfide) groups is 1. The lowest BCUT2D eigenvalue weighted by molar-refractivity contribution is 0.0981. The van der Waals surface area contributed by atoms with Crippen molar-refractivity contribution in [3.05, 3.63) is 29.1 Å². The number of nitrogens with two attached hydrogens (primary N) is 1. The van der Waals surface area contributed by atoms with Crippen LogP contribution in [0.1, 0.15) is 22.3 Å². The van der Waals surface area contributed by atoms with Gasteiger partial charge in [-0.2, -0.15) is 0 Å². The first-order valence-corrected chi connectivity index (χ1v) is 5.90. The van der Waals surface area contributed by atoms with Gasteiger partial charge in [0.25, 0.3) is 0 Å². The third-order valence-corrected chi connectivity index (χ3v) is 3.04. The van der Waals surface area contributed by atoms with E-state index in [0.717, 1.165) is 10.5 Å². The average molecular weight is 227 g/mol. The van der Waals surface area contributed by atoms with Gasteiger partial charge in [0.05, 0.1) is 5.56 Å². The highest BCUT2D eigenvalue weighted by Crippen LogP contribution is 2.24. The van der Waals surface area contributed by atoms with Crippen LogP contribution in [-0.4, -0.2) is 18.6 Å². The van der Waals surface area contributed by atoms with Crippen molar-refractivity contribution in [2.45, 2.75) is 18.2 Å². The number of aryl methyl sites for hydroxylation is 1. The molecule has 0 saturated heterocycles. The molecular formula is C11H14FNOS. The average Bonchev–Trinajstić information content (AvgIpc) is 2.18. The number of Topliss-reactive ketones (excluding diaryl/α,β-unsaturated/α-hetero) is 1. The second-order valence-electron chi connectivity index (χ2n) is 3.26. The Kier molecular flexibility index (Phi) is 4.29. The number of hydrogen-bond donors (Lipinski definition) is 1. The molecule has 2 nitrogen and oxygen atoms in total. The van der Waals surface area contributed by atoms with Gasteiger partial charge in [0.1, 0.15) is 5.82 Å². The van der Waals surface area contributed by atoms with Crippen molar-refractivity contribution in [3.8, 4) is 0 Å². The molecule has 0 radical (unpaired) electrons. The van der Waals surface area contributed by atoms with Crippen molar-refractivity contribution in [2.24, 2.45) is 5.73 Å². The van der Waals surface area contributed by atoms with Crippen LogP contribution in [-0.2, 0) is 0 Å². The number of halogens is 1. The Balaban J connectivity index is 3.12. The quantitative estimate of drug-likeness (QED) is 0.634. The molecule has 15 heavy (non-hydrogen) atoms. The number of rotatable bonds is 4. The smallest absolute Gasteiger partial charge is 0.167 e. The normalized spacial score (nSPS) is 10.4. The monoisotopic (exact) mass is 227 g/mol. The summed E-state index contributed by atoms with van der Waals surface area (Å²) >= 11 is 1.50. The highest BCUT2D eigenvalue weighted by molar-refractivity contribution is 7.98. The van der Waals surface area contributed by atoms with E-state index in [4.69, 9.17) is 5.73 Å². The Morgan fingerprint density at radius 1 is 1.53 bits per heavy atom. The molecule has 1 rings (SSSR count). The summed E-state index contributed by atoms with van der Waals surface area (Å²) in [6.45, 7) is 2.08. The predicted molar refractivity (Wildman–Crippen MR) is 60.9 cm³/mol. The van der Waals surface area contributed by atoms with Crippen molar-refractivity contribution in [1.82, 2.24) is 0 Å². The van der Waals surface area contributed by atoms with Crippen LogP contribution >= 0.6 is 11.8 Å². The molecule has 0 aliphatic heterocycles. The molecule has 0 aromatic heterocycles. The topological polar surface area (TPSA) is 43.1 Å². The second-order valence-corrected chi connectivity index (χ2v) is 4.11. The lowest BCUT2D eigenvalue weighted by Crippen LogP contribution is -2.10. The molecule has 0 spiro atoms. The van der Waals surface area contributed by atoms with Gasteiger partial charge >= 0.3 is 0 Å². The SMILES string of the molecule is CSc1cc(C(=O)CCN)c(F)cc1C. The van der Waals surface area contributed by atoms with Crippen LogP contribution in [0.5, 0.6) is 0 Å². The Morgan fingerprint density at radius 2 is 2.20 bits per heavy atom. The van der Waals surface area contributed by atoms with Gasteiger partial charge in [-0.15, -0.1) is 11.8 Å². The third-order valence-electron chi connectivity index (χ3n) is 2.16. The van der Waals surface area contributed by atoms with E-state index < -0.39 is 5.82 Å². The van der Waals surface area contributed by atoms with Crippen LogP contribution in [0.15, 0.2) is 17.0 Å². The molecule has 1 aromatic rings. The molecule has 0 saturated carbocycles. The summed E-state index contributed by atoms with van der Waals surface area (Å²) in [6, 6.07) is 3.00. The van der Waals surface area contributed by atoms with E-state index in [-0.39, 0.29) is 24.3 Å². The van der Waals surface area contributed by atoms with Crippen molar-refractivity contribution in [1.29, 1.82) is 0 Å². The van der Waals surface area contributed by atoms with E-state index in [0.29, 0.717) is 0 Å². The van der Waals surface area contributed by atoms with Crippen molar-refractivity contribution in [2.75, 3.05) is 12.8 Å². The van der Waals surface area contributed by atoms with Gasteiger partial charge in [0.15, 0.2) is 5.78 Å². The standard InChI is InChI=1S/C11H14FNOS/c1-7-5-9(12)8(6-11(7)15-2)10(14)3-4-13/h5-6H,3-4,13H2,1-2H3. The van der Waals surface area contributed by atoms with Crippen LogP contribution in [0.2, 0.25) is 0 Å². The Labute approximate surface area is 93.0 Å². The minimum atomic E-state index is -0.455. The summed E-state index contributed by atoms with van der Waals surface area (Å²) in [5.74, 6) is -0.686. The van der Waals surface area contributed by atoms with Gasteiger partial charge in [-0.05, 0) is 37.4 Å². The summed E-state index contributed by atoms with van der Waals surface area (Å²) < 4.78 is 13.5. The Morgan fingerprint density at radius 3 is 2.73 bits per heavy atom. The number of carbonyl (C=O) groups is 1. The lowest BCUT2D eigenvalue weighted by Gasteiger charge is -2.07. The molecule has 0 atom stereocenters. The highest BCUT2D eigenvalue weighted by Gasteiger charge is 2.13. The molecule has 0 unspecified atom stereocenters. The van der Waals surface area contributed by atoms with Crippen molar-refractivity contribution >= 4 is 17.5 Å². The summed E-state index contributed by atoms with van der Waals surface area (Å²) in [4.78, 5) is 12.4. The molecule has 0 bridgehead atoms. The predicted octanol–water partition coefficient (Wildman–Crippen LogP) is 2.39. The number of ketones is 1. The summed E-state index contributed by atoms with van der Waals surface area (Å²) in [7, 11) is 0. The zero-order valence-electron chi connectivity index (χ0n) is 8.84. The number of carbonyl (C=O) groups excluding carboxylic acids is 1. The van der Waals surface area contributed by atoms with E-state index in [2.05, 4.69) is 0 Å². The summed E-state index contributed by atoms with van der Waals surface area (Å²) in [5.41, 5.74) is 6.27. The van der Waals surface area contributed by atoms with Crippen molar-refractivity contribution in [3.63, 3.8) is 0 Å². The summed E-state index contributed by atoms with van der Waals surface area (Å²) in [6.07, 6.45) is 2.09. The van der Waals surface area contributed by atoms with E-state index in [1.165, 1.54) is 17.8 Å². The maximum absolute atomic E-state index is 13.5. The minimum Gasteiger partial charge on any atom is -0.330 e. The van der Waals surface area contributed by atoms with E-state index in [1.54, 1.807) is 6.07 Å². The highest BCUT2D eigenvalue weighted by atomic mass is 32.2. The molecule has 0 amide bonds. The van der Waals surface area contributed by atoms with Gasteiger partial charge in [0, 0.05) is 11.3 Å². The van der Waals surface area contributed by atoms with E-state index >= 15 is 0 Å². The molecule has 0 heterocycles. The fourth-order valence-electron chi connectivity index (χ4n) is 1.35. The maximum Gasteiger partial charge on any atom is 0.167 e. The Bertz CT molecular complexity index is 379. The van der Waals surface area contributed by atoms with Crippen molar-refractivity contribution < 1.29 is 9.18 Å². The zero-order valence-corrected chi connectivity index (χ0v) is 9.66. The zero-order chi connectivity index (χ0) is 11.4. The van der Waals surface area contributed by atoms with E-state index in [9.17, 15) is 9.18 Å². The number of hydrogen-bond acceptors (Lipinski definition) is 3. The van der Waals surface area contributed by atoms with Crippen LogP contribution in [0.25, 0.3) is 0 Å². The molecule has 4 heteroatoms. The molecule has 0 aliphatic carbocycles. The van der Waals surface area contributed by atoms with Crippen LogP contribution in [0, 0.1) is 12.7 Å². The van der Waals surface area contributed by atoms with Crippen LogP contribution < -0.4 is 5.73 Å². The third kappa shape index (κ3) is 2.79. The van der Waals surface area contributed by atoms with Crippen LogP contribution in [0.4, 0.5) is 4.39 Å². The minimum absolute atomic E-state index is 0.149. The molecule has 0 fully saturated rings. The first kappa shape index (κ1) is 12.2. The van der Waals surface area contributed by atoms with Gasteiger partial charge in [0.2, 0.25) is 0 Å². The molecular weight excluding hydrogens is 213 g/mol. The second kappa shape index (κ2) is 5.28. The molecule has 82 valence electrons. The van der Waals surface area contributed by atoms with Gasteiger partial charge in [-0.1, -0.05) is 0 Å². The molecule has 0 aliphatic rings. The first-order chi connectivity index (χ1) is 7.10. The maximum atomic E-state index is 13.5. The van der Waals surface area contributed by atoms with Gasteiger partial charge in [-0.25, -0.2) is 4.39 Å². The molecule has 2 N–H and O–H groups in total. The first-order valence-electron chi connectivity index (χ1n) is 4.67. The fraction of sp³-hybridized carbons (Fsp3) is 0.364. The van der Waals surface area contributed by atoms with Crippen LogP contribution in [0.3, 0.4) is 0 Å².